The number of unbranched alkanes of at least 4 members (excludes halogenated alkanes) is 5. The van der Waals surface area contributed by atoms with Crippen LogP contribution < -0.4 is 9.47 Å². The molecule has 0 saturated carbocycles. The molecule has 4 aromatic carbocycles. The Morgan fingerprint density at radius 2 is 1.03 bits per heavy atom. The van der Waals surface area contributed by atoms with Crippen LogP contribution in [0.3, 0.4) is 0 Å². The molecule has 0 radical (unpaired) electrons. The second-order valence-corrected chi connectivity index (χ2v) is 11.2. The number of hydrogen-bond donors (Lipinski definition) is 0. The largest absolute Gasteiger partial charge is 0.493 e. The lowest BCUT2D eigenvalue weighted by Crippen LogP contribution is -2.35. The summed E-state index contributed by atoms with van der Waals surface area (Å²) < 4.78 is 14.0. The zero-order valence-electron chi connectivity index (χ0n) is 23.3. The van der Waals surface area contributed by atoms with Gasteiger partial charge in [-0.2, -0.15) is 0 Å². The SMILES string of the molecule is CCCCCCCCOc1ccc2ccccc2c1-c1c(OCCC[N+](C)(C)C)ccc2ccccc12. The Kier molecular flexibility index (Phi) is 9.46. The van der Waals surface area contributed by atoms with Crippen molar-refractivity contribution in [2.24, 2.45) is 0 Å². The van der Waals surface area contributed by atoms with Crippen LogP contribution in [-0.2, 0) is 0 Å². The van der Waals surface area contributed by atoms with Crippen LogP contribution in [0.1, 0.15) is 51.9 Å². The molecule has 0 fully saturated rings. The zero-order valence-corrected chi connectivity index (χ0v) is 23.3. The van der Waals surface area contributed by atoms with Gasteiger partial charge in [-0.15, -0.1) is 0 Å². The normalized spacial score (nSPS) is 11.8. The first-order valence-corrected chi connectivity index (χ1v) is 14.1. The van der Waals surface area contributed by atoms with E-state index in [0.717, 1.165) is 53.1 Å². The molecule has 0 spiro atoms. The van der Waals surface area contributed by atoms with Crippen molar-refractivity contribution in [2.45, 2.75) is 51.9 Å². The number of ether oxygens (including phenoxy) is 2. The second kappa shape index (κ2) is 13.0. The van der Waals surface area contributed by atoms with Crippen LogP contribution in [0.2, 0.25) is 0 Å². The minimum absolute atomic E-state index is 0.694. The number of benzene rings is 4. The summed E-state index contributed by atoms with van der Waals surface area (Å²) in [6.45, 7) is 4.77. The fourth-order valence-electron chi connectivity index (χ4n) is 5.04. The summed E-state index contributed by atoms with van der Waals surface area (Å²) in [7, 11) is 6.68. The third-order valence-corrected chi connectivity index (χ3v) is 7.02. The number of rotatable bonds is 14. The lowest BCUT2D eigenvalue weighted by atomic mass is 9.92. The molecule has 0 N–H and O–H groups in total. The minimum atomic E-state index is 0.694. The van der Waals surface area contributed by atoms with Crippen LogP contribution in [0.5, 0.6) is 11.5 Å². The Balaban J connectivity index is 1.71. The molecular formula is C34H44NO2+. The van der Waals surface area contributed by atoms with Crippen molar-refractivity contribution in [2.75, 3.05) is 40.9 Å². The van der Waals surface area contributed by atoms with E-state index in [1.54, 1.807) is 0 Å². The minimum Gasteiger partial charge on any atom is -0.493 e. The van der Waals surface area contributed by atoms with E-state index < -0.39 is 0 Å². The van der Waals surface area contributed by atoms with Gasteiger partial charge in [-0.3, -0.25) is 0 Å². The van der Waals surface area contributed by atoms with E-state index in [9.17, 15) is 0 Å². The summed E-state index contributed by atoms with van der Waals surface area (Å²) in [6.07, 6.45) is 8.53. The Hall–Kier alpha value is -3.04. The molecule has 0 bridgehead atoms. The van der Waals surface area contributed by atoms with E-state index >= 15 is 0 Å². The van der Waals surface area contributed by atoms with Crippen LogP contribution in [0.25, 0.3) is 32.7 Å². The molecule has 4 rings (SSSR count). The van der Waals surface area contributed by atoms with E-state index in [1.165, 1.54) is 53.6 Å². The van der Waals surface area contributed by atoms with E-state index in [2.05, 4.69) is 101 Å². The molecule has 37 heavy (non-hydrogen) atoms. The lowest BCUT2D eigenvalue weighted by Gasteiger charge is -2.24. The maximum atomic E-state index is 6.52. The molecule has 4 aromatic rings. The van der Waals surface area contributed by atoms with Gasteiger partial charge in [0, 0.05) is 17.5 Å². The van der Waals surface area contributed by atoms with Crippen LogP contribution in [0.4, 0.5) is 0 Å². The maximum absolute atomic E-state index is 6.52. The summed E-state index contributed by atoms with van der Waals surface area (Å²) in [6, 6.07) is 25.9. The molecule has 0 aliphatic heterocycles. The van der Waals surface area contributed by atoms with Crippen molar-refractivity contribution < 1.29 is 14.0 Å². The summed E-state index contributed by atoms with van der Waals surface area (Å²) >= 11 is 0. The van der Waals surface area contributed by atoms with Crippen LogP contribution in [-0.4, -0.2) is 45.4 Å². The molecule has 3 nitrogen and oxygen atoms in total. The first-order chi connectivity index (χ1) is 18.0. The Morgan fingerprint density at radius 1 is 0.541 bits per heavy atom. The topological polar surface area (TPSA) is 18.5 Å². The van der Waals surface area contributed by atoms with Crippen molar-refractivity contribution in [3.8, 4) is 22.6 Å². The molecule has 0 aromatic heterocycles. The van der Waals surface area contributed by atoms with Gasteiger partial charge in [0.25, 0.3) is 0 Å². The Labute approximate surface area is 223 Å². The molecule has 0 heterocycles. The first kappa shape index (κ1) is 27.0. The highest BCUT2D eigenvalue weighted by molar-refractivity contribution is 6.09. The predicted octanol–water partition coefficient (Wildman–Crippen LogP) is 8.87. The summed E-state index contributed by atoms with van der Waals surface area (Å²) in [5, 5.41) is 4.84. The predicted molar refractivity (Wildman–Crippen MR) is 159 cm³/mol. The second-order valence-electron chi connectivity index (χ2n) is 11.2. The highest BCUT2D eigenvalue weighted by Crippen LogP contribution is 2.45. The molecule has 0 aliphatic rings. The number of nitrogens with zero attached hydrogens (tertiary/aromatic N) is 1. The van der Waals surface area contributed by atoms with E-state index in [0.29, 0.717) is 6.61 Å². The van der Waals surface area contributed by atoms with Crippen molar-refractivity contribution >= 4 is 21.5 Å². The van der Waals surface area contributed by atoms with Gasteiger partial charge in [-0.1, -0.05) is 99.7 Å². The lowest BCUT2D eigenvalue weighted by molar-refractivity contribution is -0.870. The molecule has 196 valence electrons. The highest BCUT2D eigenvalue weighted by Gasteiger charge is 2.19. The molecule has 3 heteroatoms. The van der Waals surface area contributed by atoms with Gasteiger partial charge in [0.2, 0.25) is 0 Å². The van der Waals surface area contributed by atoms with Crippen molar-refractivity contribution in [3.05, 3.63) is 72.8 Å². The third kappa shape index (κ3) is 7.26. The monoisotopic (exact) mass is 498 g/mol. The molecule has 0 aliphatic carbocycles. The summed E-state index contributed by atoms with van der Waals surface area (Å²) in [5.41, 5.74) is 2.28. The van der Waals surface area contributed by atoms with Crippen molar-refractivity contribution in [1.29, 1.82) is 0 Å². The average Bonchev–Trinajstić information content (AvgIpc) is 2.90. The Morgan fingerprint density at radius 3 is 1.57 bits per heavy atom. The van der Waals surface area contributed by atoms with E-state index in [-0.39, 0.29) is 0 Å². The Bertz CT molecular complexity index is 1290. The van der Waals surface area contributed by atoms with E-state index in [1.807, 2.05) is 0 Å². The smallest absolute Gasteiger partial charge is 0.127 e. The van der Waals surface area contributed by atoms with Crippen LogP contribution in [0, 0.1) is 0 Å². The number of hydrogen-bond acceptors (Lipinski definition) is 2. The molecule has 0 amide bonds. The van der Waals surface area contributed by atoms with Gasteiger partial charge >= 0.3 is 0 Å². The van der Waals surface area contributed by atoms with Crippen LogP contribution >= 0.6 is 0 Å². The van der Waals surface area contributed by atoms with Gasteiger partial charge in [-0.25, -0.2) is 0 Å². The van der Waals surface area contributed by atoms with Crippen molar-refractivity contribution in [3.63, 3.8) is 0 Å². The quantitative estimate of drug-likeness (QED) is 0.128. The molecule has 0 saturated heterocycles. The van der Waals surface area contributed by atoms with Gasteiger partial charge in [-0.05, 0) is 40.1 Å². The zero-order chi connectivity index (χ0) is 26.1. The van der Waals surface area contributed by atoms with Gasteiger partial charge in [0.15, 0.2) is 0 Å². The van der Waals surface area contributed by atoms with Crippen LogP contribution in [0.15, 0.2) is 72.8 Å². The fourth-order valence-corrected chi connectivity index (χ4v) is 5.04. The average molecular weight is 499 g/mol. The third-order valence-electron chi connectivity index (χ3n) is 7.02. The number of quaternary nitrogens is 1. The van der Waals surface area contributed by atoms with Crippen molar-refractivity contribution in [1.82, 2.24) is 0 Å². The summed E-state index contributed by atoms with van der Waals surface area (Å²) in [5.74, 6) is 1.88. The van der Waals surface area contributed by atoms with Gasteiger partial charge in [0.1, 0.15) is 11.5 Å². The maximum Gasteiger partial charge on any atom is 0.127 e. The molecule has 0 unspecified atom stereocenters. The molecular weight excluding hydrogens is 454 g/mol. The van der Waals surface area contributed by atoms with Gasteiger partial charge in [0.05, 0.1) is 40.9 Å². The fraction of sp³-hybridized carbons (Fsp3) is 0.412. The summed E-state index contributed by atoms with van der Waals surface area (Å²) in [4.78, 5) is 0. The highest BCUT2D eigenvalue weighted by atomic mass is 16.5. The first-order valence-electron chi connectivity index (χ1n) is 14.1. The molecule has 0 atom stereocenters. The standard InChI is InChI=1S/C34H44NO2/c1-5-6-7-8-9-14-25-36-31-22-20-27-16-10-12-18-29(27)33(31)34-30-19-13-11-17-28(30)21-23-32(34)37-26-15-24-35(2,3)4/h10-13,16-23H,5-9,14-15,24-26H2,1-4H3/q+1. The van der Waals surface area contributed by atoms with E-state index in [4.69, 9.17) is 9.47 Å². The number of fused-ring (bicyclic) bond motifs is 2. The van der Waals surface area contributed by atoms with Gasteiger partial charge < -0.3 is 14.0 Å².